The van der Waals surface area contributed by atoms with Crippen molar-refractivity contribution in [1.29, 1.82) is 0 Å². The fraction of sp³-hybridized carbons (Fsp3) is 0.0857. The molecule has 0 aliphatic rings. The van der Waals surface area contributed by atoms with Crippen molar-refractivity contribution in [3.05, 3.63) is 156 Å². The number of hydrogen-bond donors (Lipinski definition) is 4. The Hall–Kier alpha value is -5.11. The topological polar surface area (TPSA) is 85.5 Å². The molecule has 4 N–H and O–H groups in total. The van der Waals surface area contributed by atoms with Crippen LogP contribution in [0.4, 0.5) is 32.3 Å². The van der Waals surface area contributed by atoms with Crippen LogP contribution in [-0.4, -0.2) is 17.0 Å². The number of nitrogens with one attached hydrogen (secondary N) is 4. The Morgan fingerprint density at radius 3 is 1.02 bits per heavy atom. The molecule has 218 valence electrons. The molecule has 5 aromatic carbocycles. The minimum absolute atomic E-state index is 0. The van der Waals surface area contributed by atoms with Gasteiger partial charge in [0.1, 0.15) is 0 Å². The van der Waals surface area contributed by atoms with Gasteiger partial charge in [0.25, 0.3) is 0 Å². The number of carbonyl (C=O) groups excluding carboxylic acids is 2. The number of rotatable bonds is 10. The molecule has 0 aliphatic heterocycles. The predicted octanol–water partition coefficient (Wildman–Crippen LogP) is 5.18. The Balaban J connectivity index is 0.00000423. The highest BCUT2D eigenvalue weighted by Crippen LogP contribution is 2.18. The molecule has 43 heavy (non-hydrogen) atoms. The van der Waals surface area contributed by atoms with E-state index in [1.165, 1.54) is 5.56 Å². The molecule has 0 aliphatic carbocycles. The second-order valence-electron chi connectivity index (χ2n) is 9.91. The van der Waals surface area contributed by atoms with Crippen molar-refractivity contribution in [1.82, 2.24) is 4.90 Å². The molecule has 5 rings (SSSR count). The lowest BCUT2D eigenvalue weighted by Crippen LogP contribution is -3.00. The maximum atomic E-state index is 12.4. The molecule has 0 fully saturated rings. The van der Waals surface area contributed by atoms with E-state index in [2.05, 4.69) is 50.4 Å². The number of carbonyl (C=O) groups is 2. The summed E-state index contributed by atoms with van der Waals surface area (Å²) in [5.41, 5.74) is 6.42. The standard InChI is InChI=1S/C35H33N5O2.ClH/c41-34(36-30-12-6-2-7-13-30)38-32-20-16-28(17-21-32)25-40(24-27-10-4-1-5-11-27)26-29-18-22-33(23-19-29)39-35(42)37-31-14-8-3-9-15-31;/h1-23H,24-26H2,(H2,36,38,41)(H2,37,39,42);1H/p-1. The lowest BCUT2D eigenvalue weighted by molar-refractivity contribution is -0.0000142. The van der Waals surface area contributed by atoms with Gasteiger partial charge in [0.15, 0.2) is 0 Å². The Morgan fingerprint density at radius 1 is 0.395 bits per heavy atom. The van der Waals surface area contributed by atoms with Crippen molar-refractivity contribution in [3.8, 4) is 0 Å². The van der Waals surface area contributed by atoms with Gasteiger partial charge in [-0.2, -0.15) is 0 Å². The third kappa shape index (κ3) is 10.0. The summed E-state index contributed by atoms with van der Waals surface area (Å²) in [6.07, 6.45) is 0. The normalized spacial score (nSPS) is 10.3. The van der Waals surface area contributed by atoms with Gasteiger partial charge < -0.3 is 33.7 Å². The highest BCUT2D eigenvalue weighted by molar-refractivity contribution is 6.00. The monoisotopic (exact) mass is 590 g/mol. The highest BCUT2D eigenvalue weighted by atomic mass is 35.5. The van der Waals surface area contributed by atoms with Crippen LogP contribution in [0.2, 0.25) is 0 Å². The zero-order valence-electron chi connectivity index (χ0n) is 23.5. The van der Waals surface area contributed by atoms with Crippen molar-refractivity contribution in [2.45, 2.75) is 19.6 Å². The average Bonchev–Trinajstić information content (AvgIpc) is 3.00. The van der Waals surface area contributed by atoms with E-state index in [4.69, 9.17) is 0 Å². The molecule has 0 unspecified atom stereocenters. The summed E-state index contributed by atoms with van der Waals surface area (Å²) in [5.74, 6) is 0. The highest BCUT2D eigenvalue weighted by Gasteiger charge is 2.10. The third-order valence-corrected chi connectivity index (χ3v) is 6.55. The van der Waals surface area contributed by atoms with Crippen LogP contribution in [-0.2, 0) is 19.6 Å². The zero-order chi connectivity index (χ0) is 29.0. The minimum atomic E-state index is -0.282. The molecule has 0 bridgehead atoms. The molecule has 0 saturated carbocycles. The van der Waals surface area contributed by atoms with Gasteiger partial charge in [-0.3, -0.25) is 4.90 Å². The van der Waals surface area contributed by atoms with Gasteiger partial charge >= 0.3 is 12.1 Å². The number of halogens is 1. The number of nitrogens with zero attached hydrogens (tertiary/aromatic N) is 1. The number of para-hydroxylation sites is 2. The molecule has 0 saturated heterocycles. The van der Waals surface area contributed by atoms with Gasteiger partial charge in [-0.1, -0.05) is 91.0 Å². The first-order chi connectivity index (χ1) is 20.6. The summed E-state index contributed by atoms with van der Waals surface area (Å²) in [6.45, 7) is 2.23. The summed E-state index contributed by atoms with van der Waals surface area (Å²) in [7, 11) is 0. The molecule has 4 amide bonds. The molecule has 0 aromatic heterocycles. The SMILES string of the molecule is O=C(Nc1ccccc1)Nc1ccc(CN(Cc2ccccc2)Cc2ccc(NC(=O)Nc3ccccc3)cc2)cc1.[Cl-]. The zero-order valence-corrected chi connectivity index (χ0v) is 24.3. The van der Waals surface area contributed by atoms with Gasteiger partial charge in [0.2, 0.25) is 0 Å². The Labute approximate surface area is 258 Å². The van der Waals surface area contributed by atoms with E-state index in [-0.39, 0.29) is 24.5 Å². The molecule has 0 atom stereocenters. The minimum Gasteiger partial charge on any atom is -1.00 e. The number of amides is 4. The maximum Gasteiger partial charge on any atom is 0.323 e. The van der Waals surface area contributed by atoms with Gasteiger partial charge in [-0.25, -0.2) is 9.59 Å². The van der Waals surface area contributed by atoms with Crippen LogP contribution in [0, 0.1) is 0 Å². The van der Waals surface area contributed by atoms with Crippen LogP contribution in [0.5, 0.6) is 0 Å². The Bertz CT molecular complexity index is 1470. The van der Waals surface area contributed by atoms with Crippen LogP contribution in [0.3, 0.4) is 0 Å². The van der Waals surface area contributed by atoms with Crippen molar-refractivity contribution >= 4 is 34.8 Å². The summed E-state index contributed by atoms with van der Waals surface area (Å²) in [4.78, 5) is 27.1. The molecule has 0 heterocycles. The molecule has 0 radical (unpaired) electrons. The number of anilines is 4. The van der Waals surface area contributed by atoms with Crippen molar-refractivity contribution in [3.63, 3.8) is 0 Å². The molecular weight excluding hydrogens is 558 g/mol. The van der Waals surface area contributed by atoms with Crippen LogP contribution in [0.25, 0.3) is 0 Å². The van der Waals surface area contributed by atoms with Gasteiger partial charge in [0.05, 0.1) is 0 Å². The largest absolute Gasteiger partial charge is 1.00 e. The quantitative estimate of drug-likeness (QED) is 0.181. The summed E-state index contributed by atoms with van der Waals surface area (Å²) >= 11 is 0. The van der Waals surface area contributed by atoms with Crippen LogP contribution in [0.1, 0.15) is 16.7 Å². The molecule has 8 heteroatoms. The lowest BCUT2D eigenvalue weighted by atomic mass is 10.1. The fourth-order valence-corrected chi connectivity index (χ4v) is 4.54. The van der Waals surface area contributed by atoms with Gasteiger partial charge in [-0.15, -0.1) is 0 Å². The second-order valence-corrected chi connectivity index (χ2v) is 9.91. The predicted molar refractivity (Wildman–Crippen MR) is 170 cm³/mol. The van der Waals surface area contributed by atoms with E-state index in [9.17, 15) is 9.59 Å². The third-order valence-electron chi connectivity index (χ3n) is 6.55. The Morgan fingerprint density at radius 2 is 0.674 bits per heavy atom. The molecular formula is C35H33ClN5O2-. The molecule has 7 nitrogen and oxygen atoms in total. The van der Waals surface area contributed by atoms with Crippen molar-refractivity contribution in [2.24, 2.45) is 0 Å². The summed E-state index contributed by atoms with van der Waals surface area (Å²) < 4.78 is 0. The molecule has 0 spiro atoms. The van der Waals surface area contributed by atoms with Crippen molar-refractivity contribution in [2.75, 3.05) is 21.3 Å². The van der Waals surface area contributed by atoms with E-state index < -0.39 is 0 Å². The van der Waals surface area contributed by atoms with Gasteiger partial charge in [0, 0.05) is 42.4 Å². The van der Waals surface area contributed by atoms with Gasteiger partial charge in [-0.05, 0) is 65.2 Å². The van der Waals surface area contributed by atoms with E-state index in [0.717, 1.165) is 53.5 Å². The smallest absolute Gasteiger partial charge is 0.323 e. The second kappa shape index (κ2) is 15.8. The first-order valence-electron chi connectivity index (χ1n) is 13.8. The maximum absolute atomic E-state index is 12.4. The number of benzene rings is 5. The van der Waals surface area contributed by atoms with Crippen molar-refractivity contribution < 1.29 is 22.0 Å². The van der Waals surface area contributed by atoms with Crippen LogP contribution < -0.4 is 33.7 Å². The Kier molecular flexibility index (Phi) is 11.3. The first kappa shape index (κ1) is 30.8. The number of urea groups is 2. The van der Waals surface area contributed by atoms with E-state index in [1.807, 2.05) is 115 Å². The van der Waals surface area contributed by atoms with E-state index in [1.54, 1.807) is 0 Å². The van der Waals surface area contributed by atoms with Crippen LogP contribution in [0.15, 0.2) is 140 Å². The summed E-state index contributed by atoms with van der Waals surface area (Å²) in [6, 6.07) is 44.3. The van der Waals surface area contributed by atoms with Crippen LogP contribution >= 0.6 is 0 Å². The van der Waals surface area contributed by atoms with E-state index >= 15 is 0 Å². The van der Waals surface area contributed by atoms with E-state index in [0.29, 0.717) is 0 Å². The lowest BCUT2D eigenvalue weighted by Gasteiger charge is -2.23. The molecule has 5 aromatic rings. The first-order valence-corrected chi connectivity index (χ1v) is 13.8. The summed E-state index contributed by atoms with van der Waals surface area (Å²) in [5, 5.41) is 11.4. The number of hydrogen-bond acceptors (Lipinski definition) is 3. The average molecular weight is 591 g/mol. The fourth-order valence-electron chi connectivity index (χ4n) is 4.54.